The summed E-state index contributed by atoms with van der Waals surface area (Å²) < 4.78 is 0. The Hall–Kier alpha value is -2.42. The van der Waals surface area contributed by atoms with Crippen LogP contribution in [-0.2, 0) is 13.1 Å². The van der Waals surface area contributed by atoms with Crippen molar-refractivity contribution in [3.05, 3.63) is 108 Å². The molecule has 29 heavy (non-hydrogen) atoms. The number of benzene rings is 3. The van der Waals surface area contributed by atoms with Gasteiger partial charge in [0.05, 0.1) is 0 Å². The first-order chi connectivity index (χ1) is 14.2. The van der Waals surface area contributed by atoms with E-state index < -0.39 is 0 Å². The van der Waals surface area contributed by atoms with Crippen LogP contribution >= 0.6 is 0 Å². The average molecular weight is 385 g/mol. The zero-order chi connectivity index (χ0) is 20.1. The van der Waals surface area contributed by atoms with Gasteiger partial charge >= 0.3 is 0 Å². The van der Waals surface area contributed by atoms with Crippen molar-refractivity contribution in [2.75, 3.05) is 13.1 Å². The zero-order valence-electron chi connectivity index (χ0n) is 17.6. The van der Waals surface area contributed by atoms with Crippen molar-refractivity contribution in [3.8, 4) is 0 Å². The fraction of sp³-hybridized carbons (Fsp3) is 0.333. The Morgan fingerprint density at radius 3 is 1.97 bits per heavy atom. The number of rotatable bonds is 7. The van der Waals surface area contributed by atoms with E-state index >= 15 is 0 Å². The molecule has 1 saturated heterocycles. The van der Waals surface area contributed by atoms with Crippen molar-refractivity contribution in [2.45, 2.75) is 39.0 Å². The van der Waals surface area contributed by atoms with Crippen molar-refractivity contribution >= 4 is 0 Å². The molecule has 0 spiro atoms. The molecular weight excluding hydrogens is 352 g/mol. The molecule has 1 fully saturated rings. The van der Waals surface area contributed by atoms with Crippen molar-refractivity contribution in [1.82, 2.24) is 9.80 Å². The summed E-state index contributed by atoms with van der Waals surface area (Å²) in [6.07, 6.45) is 0. The molecule has 0 aliphatic carbocycles. The molecular formula is C27H32N2. The lowest BCUT2D eigenvalue weighted by Crippen LogP contribution is -2.41. The molecule has 2 nitrogen and oxygen atoms in total. The van der Waals surface area contributed by atoms with Crippen molar-refractivity contribution in [3.63, 3.8) is 0 Å². The third-order valence-electron chi connectivity index (χ3n) is 6.31. The van der Waals surface area contributed by atoms with E-state index in [0.29, 0.717) is 18.0 Å². The maximum absolute atomic E-state index is 2.72. The second-order valence-corrected chi connectivity index (χ2v) is 8.47. The Labute approximate surface area is 175 Å². The topological polar surface area (TPSA) is 6.48 Å². The molecule has 1 aliphatic rings. The fourth-order valence-electron chi connectivity index (χ4n) is 4.71. The molecule has 3 aromatic rings. The second kappa shape index (κ2) is 9.39. The highest BCUT2D eigenvalue weighted by atomic mass is 15.3. The third kappa shape index (κ3) is 4.95. The summed E-state index contributed by atoms with van der Waals surface area (Å²) in [4.78, 5) is 5.35. The van der Waals surface area contributed by atoms with Gasteiger partial charge in [-0.15, -0.1) is 0 Å². The Balaban J connectivity index is 1.55. The number of hydrogen-bond acceptors (Lipinski definition) is 2. The Morgan fingerprint density at radius 2 is 1.34 bits per heavy atom. The lowest BCUT2D eigenvalue weighted by Gasteiger charge is -2.37. The predicted molar refractivity (Wildman–Crippen MR) is 122 cm³/mol. The van der Waals surface area contributed by atoms with E-state index in [4.69, 9.17) is 0 Å². The van der Waals surface area contributed by atoms with Crippen LogP contribution in [0.4, 0.5) is 0 Å². The minimum Gasteiger partial charge on any atom is -0.297 e. The van der Waals surface area contributed by atoms with Crippen LogP contribution in [0.5, 0.6) is 0 Å². The van der Waals surface area contributed by atoms with Gasteiger partial charge in [0.1, 0.15) is 0 Å². The van der Waals surface area contributed by atoms with Gasteiger partial charge in [-0.05, 0) is 29.5 Å². The molecule has 0 N–H and O–H groups in total. The van der Waals surface area contributed by atoms with Gasteiger partial charge in [0, 0.05) is 38.3 Å². The lowest BCUT2D eigenvalue weighted by molar-refractivity contribution is 0.114. The van der Waals surface area contributed by atoms with E-state index in [-0.39, 0.29) is 0 Å². The molecule has 3 atom stereocenters. The molecule has 0 unspecified atom stereocenters. The molecule has 0 amide bonds. The van der Waals surface area contributed by atoms with Crippen LogP contribution in [0.2, 0.25) is 0 Å². The van der Waals surface area contributed by atoms with Gasteiger partial charge in [-0.1, -0.05) is 97.9 Å². The molecule has 150 valence electrons. The standard InChI is InChI=1S/C27H32N2/c1-22-18-28(19-24-12-6-3-7-13-24)21-27(22)29(20-25-14-8-4-9-15-25)23(2)26-16-10-5-11-17-26/h3-17,22-23,27H,18-21H2,1-2H3/t22-,23+,27+/m1/s1. The van der Waals surface area contributed by atoms with E-state index in [0.717, 1.165) is 26.2 Å². The normalized spacial score (nSPS) is 20.8. The highest BCUT2D eigenvalue weighted by molar-refractivity contribution is 5.21. The van der Waals surface area contributed by atoms with Gasteiger partial charge in [0.15, 0.2) is 0 Å². The fourth-order valence-corrected chi connectivity index (χ4v) is 4.71. The van der Waals surface area contributed by atoms with Gasteiger partial charge in [-0.2, -0.15) is 0 Å². The molecule has 2 heteroatoms. The molecule has 4 rings (SSSR count). The third-order valence-corrected chi connectivity index (χ3v) is 6.31. The maximum atomic E-state index is 2.72. The molecule has 1 aliphatic heterocycles. The van der Waals surface area contributed by atoms with Gasteiger partial charge in [-0.3, -0.25) is 9.80 Å². The first-order valence-corrected chi connectivity index (χ1v) is 10.8. The highest BCUT2D eigenvalue weighted by Crippen LogP contribution is 2.32. The summed E-state index contributed by atoms with van der Waals surface area (Å²) in [6.45, 7) is 9.11. The summed E-state index contributed by atoms with van der Waals surface area (Å²) in [5.74, 6) is 0.647. The van der Waals surface area contributed by atoms with Gasteiger partial charge in [-0.25, -0.2) is 0 Å². The smallest absolute Gasteiger partial charge is 0.0327 e. The quantitative estimate of drug-likeness (QED) is 0.510. The van der Waals surface area contributed by atoms with Crippen molar-refractivity contribution < 1.29 is 0 Å². The Kier molecular flexibility index (Phi) is 6.43. The van der Waals surface area contributed by atoms with Crippen LogP contribution in [0.3, 0.4) is 0 Å². The molecule has 3 aromatic carbocycles. The van der Waals surface area contributed by atoms with E-state index in [2.05, 4.69) is 115 Å². The maximum Gasteiger partial charge on any atom is 0.0327 e. The van der Waals surface area contributed by atoms with Crippen LogP contribution in [0, 0.1) is 5.92 Å². The average Bonchev–Trinajstić information content (AvgIpc) is 3.13. The molecule has 0 radical (unpaired) electrons. The largest absolute Gasteiger partial charge is 0.297 e. The molecule has 1 heterocycles. The van der Waals surface area contributed by atoms with Crippen LogP contribution in [0.25, 0.3) is 0 Å². The van der Waals surface area contributed by atoms with Crippen LogP contribution in [0.1, 0.15) is 36.6 Å². The number of hydrogen-bond donors (Lipinski definition) is 0. The van der Waals surface area contributed by atoms with E-state index in [9.17, 15) is 0 Å². The SMILES string of the molecule is C[C@@H]1CN(Cc2ccccc2)C[C@@H]1N(Cc1ccccc1)[C@@H](C)c1ccccc1. The van der Waals surface area contributed by atoms with Crippen LogP contribution < -0.4 is 0 Å². The first kappa shape index (κ1) is 19.9. The predicted octanol–water partition coefficient (Wildman–Crippen LogP) is 5.77. The van der Waals surface area contributed by atoms with Crippen LogP contribution in [0.15, 0.2) is 91.0 Å². The molecule has 0 aromatic heterocycles. The summed E-state index contributed by atoms with van der Waals surface area (Å²) in [7, 11) is 0. The zero-order valence-corrected chi connectivity index (χ0v) is 17.6. The Bertz CT molecular complexity index is 863. The molecule has 0 bridgehead atoms. The van der Waals surface area contributed by atoms with Crippen LogP contribution in [-0.4, -0.2) is 28.9 Å². The van der Waals surface area contributed by atoms with E-state index in [1.807, 2.05) is 0 Å². The van der Waals surface area contributed by atoms with E-state index in [1.165, 1.54) is 16.7 Å². The number of nitrogens with zero attached hydrogens (tertiary/aromatic N) is 2. The van der Waals surface area contributed by atoms with Crippen molar-refractivity contribution in [2.24, 2.45) is 5.92 Å². The first-order valence-electron chi connectivity index (χ1n) is 10.8. The minimum atomic E-state index is 0.389. The summed E-state index contributed by atoms with van der Waals surface area (Å²) in [6, 6.07) is 33.7. The lowest BCUT2D eigenvalue weighted by atomic mass is 9.98. The van der Waals surface area contributed by atoms with Crippen molar-refractivity contribution in [1.29, 1.82) is 0 Å². The second-order valence-electron chi connectivity index (χ2n) is 8.47. The number of likely N-dealkylation sites (tertiary alicyclic amines) is 1. The summed E-state index contributed by atoms with van der Waals surface area (Å²) in [5.41, 5.74) is 4.20. The van der Waals surface area contributed by atoms with Gasteiger partial charge < -0.3 is 0 Å². The van der Waals surface area contributed by atoms with Gasteiger partial charge in [0.25, 0.3) is 0 Å². The Morgan fingerprint density at radius 1 is 0.793 bits per heavy atom. The summed E-state index contributed by atoms with van der Waals surface area (Å²) in [5, 5.41) is 0. The van der Waals surface area contributed by atoms with E-state index in [1.54, 1.807) is 0 Å². The minimum absolute atomic E-state index is 0.389. The summed E-state index contributed by atoms with van der Waals surface area (Å²) >= 11 is 0. The monoisotopic (exact) mass is 384 g/mol. The molecule has 0 saturated carbocycles. The highest BCUT2D eigenvalue weighted by Gasteiger charge is 2.36. The van der Waals surface area contributed by atoms with Gasteiger partial charge in [0.2, 0.25) is 0 Å².